The molecule has 0 amide bonds. The summed E-state index contributed by atoms with van der Waals surface area (Å²) >= 11 is 0. The van der Waals surface area contributed by atoms with Gasteiger partial charge in [-0.05, 0) is 37.8 Å². The molecule has 0 aliphatic heterocycles. The van der Waals surface area contributed by atoms with Crippen molar-refractivity contribution in [2.75, 3.05) is 7.11 Å². The summed E-state index contributed by atoms with van der Waals surface area (Å²) in [5.74, 6) is 0.386. The van der Waals surface area contributed by atoms with E-state index in [1.165, 1.54) is 11.8 Å². The van der Waals surface area contributed by atoms with E-state index < -0.39 is 0 Å². The fraction of sp³-hybridized carbons (Fsp3) is 0.529. The fourth-order valence-electron chi connectivity index (χ4n) is 3.17. The van der Waals surface area contributed by atoms with E-state index in [0.717, 1.165) is 19.3 Å². The summed E-state index contributed by atoms with van der Waals surface area (Å²) in [7, 11) is 3.14. The molecule has 134 valence electrons. The topological polar surface area (TPSA) is 99.4 Å². The third kappa shape index (κ3) is 3.79. The van der Waals surface area contributed by atoms with Gasteiger partial charge in [-0.15, -0.1) is 5.10 Å². The van der Waals surface area contributed by atoms with Gasteiger partial charge in [-0.1, -0.05) is 5.21 Å². The minimum absolute atomic E-state index is 0.0185. The average Bonchev–Trinajstić information content (AvgIpc) is 3.02. The van der Waals surface area contributed by atoms with Gasteiger partial charge in [0.05, 0.1) is 43.3 Å². The molecule has 2 aromatic heterocycles. The predicted molar refractivity (Wildman–Crippen MR) is 88.5 cm³/mol. The Balaban J connectivity index is 1.67. The van der Waals surface area contributed by atoms with Crippen LogP contribution in [-0.4, -0.2) is 44.3 Å². The number of ether oxygens (including phenoxy) is 2. The zero-order valence-corrected chi connectivity index (χ0v) is 14.4. The highest BCUT2D eigenvalue weighted by molar-refractivity contribution is 5.72. The number of aliphatic hydroxyl groups excluding tert-OH is 1. The van der Waals surface area contributed by atoms with Gasteiger partial charge in [0, 0.05) is 7.05 Å². The molecular weight excluding hydrogens is 324 g/mol. The van der Waals surface area contributed by atoms with Crippen LogP contribution in [0.5, 0.6) is 5.75 Å². The molecule has 0 unspecified atom stereocenters. The number of nitrogens with zero attached hydrogens (tertiary/aromatic N) is 4. The summed E-state index contributed by atoms with van der Waals surface area (Å²) in [6, 6.07) is 3.61. The second-order valence-electron chi connectivity index (χ2n) is 6.17. The normalized spacial score (nSPS) is 20.3. The smallest absolute Gasteiger partial charge is 0.308 e. The maximum Gasteiger partial charge on any atom is 0.308 e. The highest BCUT2D eigenvalue weighted by atomic mass is 16.5. The number of rotatable bonds is 5. The van der Waals surface area contributed by atoms with Crippen LogP contribution in [0.4, 0.5) is 0 Å². The van der Waals surface area contributed by atoms with Crippen LogP contribution in [0.15, 0.2) is 18.3 Å². The minimum atomic E-state index is -0.166. The number of hydrogen-bond acceptors (Lipinski definition) is 7. The molecule has 1 N–H and O–H groups in total. The Kier molecular flexibility index (Phi) is 5.28. The third-order valence-electron chi connectivity index (χ3n) is 4.53. The van der Waals surface area contributed by atoms with Crippen molar-refractivity contribution in [2.45, 2.75) is 38.4 Å². The van der Waals surface area contributed by atoms with Gasteiger partial charge in [-0.25, -0.2) is 4.68 Å². The van der Waals surface area contributed by atoms with Crippen LogP contribution >= 0.6 is 0 Å². The number of methoxy groups -OCH3 is 1. The maximum atomic E-state index is 11.7. The molecule has 25 heavy (non-hydrogen) atoms. The van der Waals surface area contributed by atoms with Crippen LogP contribution in [0.25, 0.3) is 11.4 Å². The first-order chi connectivity index (χ1) is 12.1. The van der Waals surface area contributed by atoms with E-state index in [-0.39, 0.29) is 24.6 Å². The number of carbonyl (C=O) groups excluding carboxylic acids is 1. The molecule has 8 heteroatoms. The monoisotopic (exact) mass is 346 g/mol. The van der Waals surface area contributed by atoms with Crippen molar-refractivity contribution in [1.82, 2.24) is 20.0 Å². The Hall–Kier alpha value is -2.48. The van der Waals surface area contributed by atoms with Gasteiger partial charge in [0.2, 0.25) is 0 Å². The summed E-state index contributed by atoms with van der Waals surface area (Å²) < 4.78 is 12.3. The van der Waals surface area contributed by atoms with Crippen molar-refractivity contribution in [3.8, 4) is 17.1 Å². The van der Waals surface area contributed by atoms with Crippen molar-refractivity contribution in [1.29, 1.82) is 0 Å². The minimum Gasteiger partial charge on any atom is -0.489 e. The molecule has 1 saturated carbocycles. The van der Waals surface area contributed by atoms with Crippen LogP contribution in [-0.2, 0) is 23.2 Å². The Morgan fingerprint density at radius 2 is 2.24 bits per heavy atom. The van der Waals surface area contributed by atoms with Gasteiger partial charge in [0.15, 0.2) is 0 Å². The van der Waals surface area contributed by atoms with Crippen molar-refractivity contribution in [3.05, 3.63) is 24.0 Å². The Morgan fingerprint density at radius 1 is 1.40 bits per heavy atom. The lowest BCUT2D eigenvalue weighted by Gasteiger charge is -2.27. The number of aryl methyl sites for hydroxylation is 1. The quantitative estimate of drug-likeness (QED) is 0.819. The zero-order valence-electron chi connectivity index (χ0n) is 14.4. The van der Waals surface area contributed by atoms with E-state index in [1.807, 2.05) is 6.07 Å². The van der Waals surface area contributed by atoms with E-state index in [0.29, 0.717) is 29.3 Å². The molecule has 1 fully saturated rings. The summed E-state index contributed by atoms with van der Waals surface area (Å²) in [4.78, 5) is 16.1. The van der Waals surface area contributed by atoms with E-state index >= 15 is 0 Å². The average molecular weight is 346 g/mol. The maximum absolute atomic E-state index is 11.7. The summed E-state index contributed by atoms with van der Waals surface area (Å²) in [5.41, 5.74) is 1.79. The first-order valence-corrected chi connectivity index (χ1v) is 8.32. The number of carbonyl (C=O) groups is 1. The van der Waals surface area contributed by atoms with Crippen molar-refractivity contribution in [3.63, 3.8) is 0 Å². The highest BCUT2D eigenvalue weighted by Crippen LogP contribution is 2.29. The Labute approximate surface area is 145 Å². The number of pyridine rings is 1. The van der Waals surface area contributed by atoms with E-state index in [4.69, 9.17) is 9.47 Å². The van der Waals surface area contributed by atoms with Crippen LogP contribution in [0.3, 0.4) is 0 Å². The second kappa shape index (κ2) is 7.60. The van der Waals surface area contributed by atoms with Gasteiger partial charge in [-0.2, -0.15) is 0 Å². The molecule has 2 heterocycles. The zero-order chi connectivity index (χ0) is 17.8. The molecule has 0 bridgehead atoms. The lowest BCUT2D eigenvalue weighted by Crippen LogP contribution is -2.30. The number of hydrogen-bond donors (Lipinski definition) is 1. The van der Waals surface area contributed by atoms with Crippen molar-refractivity contribution in [2.24, 2.45) is 13.0 Å². The van der Waals surface area contributed by atoms with Gasteiger partial charge >= 0.3 is 5.97 Å². The lowest BCUT2D eigenvalue weighted by molar-refractivity contribution is -0.147. The third-order valence-corrected chi connectivity index (χ3v) is 4.53. The predicted octanol–water partition coefficient (Wildman–Crippen LogP) is 1.48. The number of esters is 1. The molecular formula is C17H22N4O4. The Bertz CT molecular complexity index is 729. The van der Waals surface area contributed by atoms with Crippen LogP contribution in [0.1, 0.15) is 31.4 Å². The SMILES string of the molecule is COC(=O)[C@H]1CCC[C@H](Oc2ccc(-c3nnn(C)c3CO)nc2)C1. The molecule has 0 saturated heterocycles. The van der Waals surface area contributed by atoms with E-state index in [1.54, 1.807) is 19.3 Å². The fourth-order valence-corrected chi connectivity index (χ4v) is 3.17. The molecule has 0 aromatic carbocycles. The van der Waals surface area contributed by atoms with Crippen molar-refractivity contribution >= 4 is 5.97 Å². The largest absolute Gasteiger partial charge is 0.489 e. The lowest BCUT2D eigenvalue weighted by atomic mass is 9.87. The summed E-state index contributed by atoms with van der Waals surface area (Å²) in [5, 5.41) is 17.4. The molecule has 0 radical (unpaired) electrons. The van der Waals surface area contributed by atoms with Gasteiger partial charge in [0.1, 0.15) is 11.4 Å². The highest BCUT2D eigenvalue weighted by Gasteiger charge is 2.29. The van der Waals surface area contributed by atoms with Crippen LogP contribution in [0, 0.1) is 5.92 Å². The van der Waals surface area contributed by atoms with Gasteiger partial charge in [-0.3, -0.25) is 9.78 Å². The van der Waals surface area contributed by atoms with E-state index in [9.17, 15) is 9.90 Å². The van der Waals surface area contributed by atoms with Gasteiger partial charge < -0.3 is 14.6 Å². The first kappa shape index (κ1) is 17.3. The van der Waals surface area contributed by atoms with Crippen LogP contribution in [0.2, 0.25) is 0 Å². The molecule has 1 aliphatic rings. The first-order valence-electron chi connectivity index (χ1n) is 8.32. The molecule has 1 aliphatic carbocycles. The number of aromatic nitrogens is 4. The molecule has 0 spiro atoms. The molecule has 2 aromatic rings. The van der Waals surface area contributed by atoms with Gasteiger partial charge in [0.25, 0.3) is 0 Å². The van der Waals surface area contributed by atoms with Crippen LogP contribution < -0.4 is 4.74 Å². The molecule has 3 rings (SSSR count). The standard InChI is InChI=1S/C17H22N4O4/c1-21-15(10-22)16(19-20-21)14-7-6-13(9-18-14)25-12-5-3-4-11(8-12)17(23)24-2/h6-7,9,11-12,22H,3-5,8,10H2,1-2H3/t11-,12-/m0/s1. The second-order valence-corrected chi connectivity index (χ2v) is 6.17. The molecule has 2 atom stereocenters. The molecule has 8 nitrogen and oxygen atoms in total. The summed E-state index contributed by atoms with van der Waals surface area (Å²) in [6.45, 7) is -0.157. The Morgan fingerprint density at radius 3 is 2.92 bits per heavy atom. The van der Waals surface area contributed by atoms with Crippen molar-refractivity contribution < 1.29 is 19.4 Å². The summed E-state index contributed by atoms with van der Waals surface area (Å²) in [6.07, 6.45) is 4.97. The van der Waals surface area contributed by atoms with E-state index in [2.05, 4.69) is 15.3 Å². The number of aliphatic hydroxyl groups is 1.